The molecule has 2 rings (SSSR count). The third-order valence-electron chi connectivity index (χ3n) is 2.88. The summed E-state index contributed by atoms with van der Waals surface area (Å²) < 4.78 is 2.11. The second-order valence-corrected chi connectivity index (χ2v) is 10.4. The lowest BCUT2D eigenvalue weighted by atomic mass is 10.2. The van der Waals surface area contributed by atoms with E-state index in [4.69, 9.17) is 0 Å². The van der Waals surface area contributed by atoms with Crippen molar-refractivity contribution >= 4 is 8.07 Å². The van der Waals surface area contributed by atoms with E-state index in [1.165, 1.54) is 25.7 Å². The van der Waals surface area contributed by atoms with Gasteiger partial charge in [0.25, 0.3) is 0 Å². The molecule has 1 fully saturated rings. The van der Waals surface area contributed by atoms with Crippen molar-refractivity contribution in [1.82, 2.24) is 9.78 Å². The van der Waals surface area contributed by atoms with Crippen molar-refractivity contribution in [3.8, 4) is 11.5 Å². The number of hydrogen-bond donors (Lipinski definition) is 0. The van der Waals surface area contributed by atoms with Crippen molar-refractivity contribution < 1.29 is 0 Å². The molecular weight excluding hydrogens is 212 g/mol. The van der Waals surface area contributed by atoms with Crippen LogP contribution in [0.2, 0.25) is 19.6 Å². The van der Waals surface area contributed by atoms with Gasteiger partial charge in [-0.3, -0.25) is 4.68 Å². The van der Waals surface area contributed by atoms with E-state index in [2.05, 4.69) is 47.1 Å². The second kappa shape index (κ2) is 4.46. The van der Waals surface area contributed by atoms with E-state index in [1.807, 2.05) is 6.20 Å². The number of nitrogens with zero attached hydrogens (tertiary/aromatic N) is 2. The fourth-order valence-electron chi connectivity index (χ4n) is 2.03. The summed E-state index contributed by atoms with van der Waals surface area (Å²) in [6.07, 6.45) is 9.28. The zero-order chi connectivity index (χ0) is 11.6. The summed E-state index contributed by atoms with van der Waals surface area (Å²) in [5.41, 5.74) is 4.46. The number of rotatable bonds is 1. The first-order chi connectivity index (χ1) is 7.54. The molecule has 1 heterocycles. The zero-order valence-corrected chi connectivity index (χ0v) is 11.5. The van der Waals surface area contributed by atoms with Crippen LogP contribution in [-0.2, 0) is 0 Å². The Labute approximate surface area is 99.1 Å². The molecule has 1 aliphatic carbocycles. The highest BCUT2D eigenvalue weighted by atomic mass is 28.3. The van der Waals surface area contributed by atoms with Crippen LogP contribution in [0.15, 0.2) is 12.4 Å². The molecule has 0 atom stereocenters. The van der Waals surface area contributed by atoms with Gasteiger partial charge in [-0.2, -0.15) is 5.10 Å². The first kappa shape index (κ1) is 11.5. The molecule has 3 heteroatoms. The minimum absolute atomic E-state index is 0.627. The zero-order valence-electron chi connectivity index (χ0n) is 10.5. The van der Waals surface area contributed by atoms with Crippen LogP contribution in [0.1, 0.15) is 37.3 Å². The lowest BCUT2D eigenvalue weighted by Gasteiger charge is -2.07. The largest absolute Gasteiger partial charge is 0.268 e. The Balaban J connectivity index is 2.09. The van der Waals surface area contributed by atoms with Gasteiger partial charge in [0.15, 0.2) is 0 Å². The van der Waals surface area contributed by atoms with Gasteiger partial charge in [-0.1, -0.05) is 38.4 Å². The maximum absolute atomic E-state index is 4.43. The van der Waals surface area contributed by atoms with Gasteiger partial charge in [-0.15, -0.1) is 5.54 Å². The summed E-state index contributed by atoms with van der Waals surface area (Å²) in [6.45, 7) is 6.80. The standard InChI is InChI=1S/C13H20N2Si/c1-16(2,3)9-8-12-10-14-15(11-12)13-6-4-5-7-13/h10-11,13H,4-7H2,1-3H3. The smallest absolute Gasteiger partial charge is 0.129 e. The van der Waals surface area contributed by atoms with Crippen LogP contribution in [0, 0.1) is 11.5 Å². The third-order valence-corrected chi connectivity index (χ3v) is 3.76. The van der Waals surface area contributed by atoms with Gasteiger partial charge >= 0.3 is 0 Å². The Kier molecular flexibility index (Phi) is 3.20. The van der Waals surface area contributed by atoms with Crippen LogP contribution in [0.4, 0.5) is 0 Å². The van der Waals surface area contributed by atoms with Gasteiger partial charge in [-0.25, -0.2) is 0 Å². The Bertz CT molecular complexity index is 411. The molecule has 0 saturated heterocycles. The van der Waals surface area contributed by atoms with Crippen molar-refractivity contribution in [3.05, 3.63) is 18.0 Å². The van der Waals surface area contributed by atoms with E-state index in [1.54, 1.807) is 0 Å². The van der Waals surface area contributed by atoms with Gasteiger partial charge < -0.3 is 0 Å². The third kappa shape index (κ3) is 2.99. The average Bonchev–Trinajstić information content (AvgIpc) is 2.84. The molecule has 0 aromatic carbocycles. The first-order valence-electron chi connectivity index (χ1n) is 6.12. The highest BCUT2D eigenvalue weighted by Crippen LogP contribution is 2.28. The molecule has 0 spiro atoms. The molecule has 86 valence electrons. The summed E-state index contributed by atoms with van der Waals surface area (Å²) in [7, 11) is -1.26. The van der Waals surface area contributed by atoms with Crippen molar-refractivity contribution in [1.29, 1.82) is 0 Å². The van der Waals surface area contributed by atoms with E-state index in [-0.39, 0.29) is 0 Å². The van der Waals surface area contributed by atoms with Crippen LogP contribution >= 0.6 is 0 Å². The molecule has 0 amide bonds. The Morgan fingerprint density at radius 2 is 2.00 bits per heavy atom. The monoisotopic (exact) mass is 232 g/mol. The number of hydrogen-bond acceptors (Lipinski definition) is 1. The molecule has 0 bridgehead atoms. The van der Waals surface area contributed by atoms with Crippen molar-refractivity contribution in [3.63, 3.8) is 0 Å². The van der Waals surface area contributed by atoms with Crippen LogP contribution in [-0.4, -0.2) is 17.9 Å². The minimum atomic E-state index is -1.26. The molecule has 0 aliphatic heterocycles. The quantitative estimate of drug-likeness (QED) is 0.537. The first-order valence-corrected chi connectivity index (χ1v) is 9.62. The predicted octanol–water partition coefficient (Wildman–Crippen LogP) is 3.23. The van der Waals surface area contributed by atoms with Crippen LogP contribution < -0.4 is 0 Å². The van der Waals surface area contributed by atoms with Gasteiger partial charge in [-0.05, 0) is 12.8 Å². The lowest BCUT2D eigenvalue weighted by molar-refractivity contribution is 0.467. The number of aromatic nitrogens is 2. The fraction of sp³-hybridized carbons (Fsp3) is 0.615. The van der Waals surface area contributed by atoms with Gasteiger partial charge in [0.2, 0.25) is 0 Å². The Morgan fingerprint density at radius 1 is 1.31 bits per heavy atom. The Hall–Kier alpha value is -1.01. The van der Waals surface area contributed by atoms with E-state index in [9.17, 15) is 0 Å². The highest BCUT2D eigenvalue weighted by molar-refractivity contribution is 6.83. The molecule has 1 aromatic rings. The maximum Gasteiger partial charge on any atom is 0.129 e. The summed E-state index contributed by atoms with van der Waals surface area (Å²) >= 11 is 0. The molecule has 16 heavy (non-hydrogen) atoms. The SMILES string of the molecule is C[Si](C)(C)C#Cc1cnn(C2CCCC2)c1. The summed E-state index contributed by atoms with van der Waals surface area (Å²) in [5.74, 6) is 3.26. The molecular formula is C13H20N2Si. The predicted molar refractivity (Wildman–Crippen MR) is 70.0 cm³/mol. The molecule has 0 unspecified atom stereocenters. The summed E-state index contributed by atoms with van der Waals surface area (Å²) in [4.78, 5) is 0. The topological polar surface area (TPSA) is 17.8 Å². The van der Waals surface area contributed by atoms with Crippen LogP contribution in [0.25, 0.3) is 0 Å². The fourth-order valence-corrected chi connectivity index (χ4v) is 2.55. The van der Waals surface area contributed by atoms with Gasteiger partial charge in [0.1, 0.15) is 8.07 Å². The average molecular weight is 232 g/mol. The molecule has 0 radical (unpaired) electrons. The van der Waals surface area contributed by atoms with E-state index in [0.717, 1.165) is 5.56 Å². The van der Waals surface area contributed by atoms with Gasteiger partial charge in [0, 0.05) is 6.20 Å². The van der Waals surface area contributed by atoms with Crippen molar-refractivity contribution in [2.24, 2.45) is 0 Å². The van der Waals surface area contributed by atoms with Gasteiger partial charge in [0.05, 0.1) is 17.8 Å². The lowest BCUT2D eigenvalue weighted by Crippen LogP contribution is -2.16. The normalized spacial score (nSPS) is 17.2. The van der Waals surface area contributed by atoms with Crippen LogP contribution in [0.3, 0.4) is 0 Å². The molecule has 0 N–H and O–H groups in total. The van der Waals surface area contributed by atoms with E-state index < -0.39 is 8.07 Å². The molecule has 1 aromatic heterocycles. The highest BCUT2D eigenvalue weighted by Gasteiger charge is 2.17. The maximum atomic E-state index is 4.43. The van der Waals surface area contributed by atoms with E-state index >= 15 is 0 Å². The molecule has 2 nitrogen and oxygen atoms in total. The second-order valence-electron chi connectivity index (χ2n) is 5.65. The van der Waals surface area contributed by atoms with Crippen molar-refractivity contribution in [2.75, 3.05) is 0 Å². The summed E-state index contributed by atoms with van der Waals surface area (Å²) in [5, 5.41) is 4.43. The Morgan fingerprint density at radius 3 is 2.62 bits per heavy atom. The van der Waals surface area contributed by atoms with Crippen molar-refractivity contribution in [2.45, 2.75) is 51.4 Å². The van der Waals surface area contributed by atoms with E-state index in [0.29, 0.717) is 6.04 Å². The molecule has 1 aliphatic rings. The van der Waals surface area contributed by atoms with Crippen LogP contribution in [0.5, 0.6) is 0 Å². The summed E-state index contributed by atoms with van der Waals surface area (Å²) in [6, 6.07) is 0.627. The minimum Gasteiger partial charge on any atom is -0.268 e. The molecule has 1 saturated carbocycles.